The highest BCUT2D eigenvalue weighted by atomic mass is 16.4. The monoisotopic (exact) mass is 257 g/mol. The van der Waals surface area contributed by atoms with Gasteiger partial charge in [-0.05, 0) is 18.3 Å². The maximum Gasteiger partial charge on any atom is 0.303 e. The normalized spacial score (nSPS) is 13.9. The molecule has 0 radical (unpaired) electrons. The van der Waals surface area contributed by atoms with Crippen LogP contribution in [0.2, 0.25) is 0 Å². The molecular weight excluding hydrogens is 230 g/mol. The molecule has 0 bridgehead atoms. The summed E-state index contributed by atoms with van der Waals surface area (Å²) in [4.78, 5) is 22.1. The van der Waals surface area contributed by atoms with Gasteiger partial charge in [-0.15, -0.1) is 0 Å². The van der Waals surface area contributed by atoms with Crippen molar-refractivity contribution in [3.05, 3.63) is 0 Å². The van der Waals surface area contributed by atoms with E-state index in [-0.39, 0.29) is 18.2 Å². The third-order valence-corrected chi connectivity index (χ3v) is 3.19. The Morgan fingerprint density at radius 3 is 2.39 bits per heavy atom. The van der Waals surface area contributed by atoms with Crippen LogP contribution >= 0.6 is 0 Å². The molecule has 0 heterocycles. The Morgan fingerprint density at radius 1 is 1.22 bits per heavy atom. The standard InChI is InChI=1S/C14H27NO3/c1-4-6-7-12(5-2)10-15-13(16)8-11(3)9-14(17)18/h11-12H,4-10H2,1-3H3,(H,15,16)(H,17,18). The third kappa shape index (κ3) is 9.02. The molecule has 0 aliphatic heterocycles. The largest absolute Gasteiger partial charge is 0.481 e. The Bertz CT molecular complexity index is 253. The van der Waals surface area contributed by atoms with Gasteiger partial charge in [-0.2, -0.15) is 0 Å². The molecule has 106 valence electrons. The van der Waals surface area contributed by atoms with Crippen molar-refractivity contribution in [3.63, 3.8) is 0 Å². The van der Waals surface area contributed by atoms with E-state index < -0.39 is 5.97 Å². The lowest BCUT2D eigenvalue weighted by molar-refractivity contribution is -0.138. The third-order valence-electron chi connectivity index (χ3n) is 3.19. The van der Waals surface area contributed by atoms with Crippen molar-refractivity contribution in [2.45, 2.75) is 59.3 Å². The molecular formula is C14H27NO3. The lowest BCUT2D eigenvalue weighted by Crippen LogP contribution is -2.30. The average Bonchev–Trinajstić information content (AvgIpc) is 2.28. The molecule has 0 aromatic heterocycles. The van der Waals surface area contributed by atoms with Crippen LogP contribution in [-0.2, 0) is 9.59 Å². The average molecular weight is 257 g/mol. The number of rotatable bonds is 10. The summed E-state index contributed by atoms with van der Waals surface area (Å²) < 4.78 is 0. The zero-order chi connectivity index (χ0) is 14.0. The molecule has 18 heavy (non-hydrogen) atoms. The number of hydrogen-bond acceptors (Lipinski definition) is 2. The minimum absolute atomic E-state index is 0.0290. The molecule has 2 N–H and O–H groups in total. The zero-order valence-electron chi connectivity index (χ0n) is 11.9. The van der Waals surface area contributed by atoms with Gasteiger partial charge in [0.25, 0.3) is 0 Å². The lowest BCUT2D eigenvalue weighted by atomic mass is 9.99. The molecule has 0 saturated heterocycles. The van der Waals surface area contributed by atoms with Crippen molar-refractivity contribution in [2.75, 3.05) is 6.54 Å². The summed E-state index contributed by atoms with van der Waals surface area (Å²) in [7, 11) is 0. The van der Waals surface area contributed by atoms with Gasteiger partial charge in [0, 0.05) is 19.4 Å². The summed E-state index contributed by atoms with van der Waals surface area (Å²) in [5.74, 6) is -0.426. The summed E-state index contributed by atoms with van der Waals surface area (Å²) in [6, 6.07) is 0. The van der Waals surface area contributed by atoms with Crippen LogP contribution in [0, 0.1) is 11.8 Å². The number of carbonyl (C=O) groups is 2. The van der Waals surface area contributed by atoms with E-state index in [9.17, 15) is 9.59 Å². The number of hydrogen-bond donors (Lipinski definition) is 2. The molecule has 4 heteroatoms. The second kappa shape index (κ2) is 9.92. The van der Waals surface area contributed by atoms with Crippen molar-refractivity contribution in [1.82, 2.24) is 5.32 Å². The minimum atomic E-state index is -0.843. The SMILES string of the molecule is CCCCC(CC)CNC(=O)CC(C)CC(=O)O. The van der Waals surface area contributed by atoms with Crippen LogP contribution in [0.15, 0.2) is 0 Å². The van der Waals surface area contributed by atoms with E-state index in [1.807, 2.05) is 0 Å². The maximum atomic E-state index is 11.6. The summed E-state index contributed by atoms with van der Waals surface area (Å²) in [6.07, 6.45) is 4.96. The van der Waals surface area contributed by atoms with E-state index >= 15 is 0 Å². The molecule has 0 fully saturated rings. The van der Waals surface area contributed by atoms with E-state index in [0.29, 0.717) is 12.3 Å². The number of aliphatic carboxylic acids is 1. The Kier molecular flexibility index (Phi) is 9.33. The first-order valence-electron chi connectivity index (χ1n) is 6.98. The van der Waals surface area contributed by atoms with Gasteiger partial charge >= 0.3 is 5.97 Å². The molecule has 0 spiro atoms. The smallest absolute Gasteiger partial charge is 0.303 e. The first-order chi connectivity index (χ1) is 8.49. The lowest BCUT2D eigenvalue weighted by Gasteiger charge is -2.16. The molecule has 0 aliphatic rings. The van der Waals surface area contributed by atoms with Crippen LogP contribution in [-0.4, -0.2) is 23.5 Å². The van der Waals surface area contributed by atoms with Gasteiger partial charge in [0.15, 0.2) is 0 Å². The van der Waals surface area contributed by atoms with Gasteiger partial charge in [0.05, 0.1) is 0 Å². The molecule has 1 amide bonds. The van der Waals surface area contributed by atoms with Gasteiger partial charge in [0.2, 0.25) is 5.91 Å². The number of carboxylic acids is 1. The number of nitrogens with one attached hydrogen (secondary N) is 1. The van der Waals surface area contributed by atoms with E-state index in [2.05, 4.69) is 19.2 Å². The number of carboxylic acid groups (broad SMARTS) is 1. The van der Waals surface area contributed by atoms with Gasteiger partial charge < -0.3 is 10.4 Å². The zero-order valence-corrected chi connectivity index (χ0v) is 11.9. The first kappa shape index (κ1) is 16.9. The topological polar surface area (TPSA) is 66.4 Å². The van der Waals surface area contributed by atoms with Crippen molar-refractivity contribution >= 4 is 11.9 Å². The minimum Gasteiger partial charge on any atom is -0.481 e. The van der Waals surface area contributed by atoms with Crippen LogP contribution in [0.4, 0.5) is 0 Å². The van der Waals surface area contributed by atoms with E-state index in [1.165, 1.54) is 12.8 Å². The number of carbonyl (C=O) groups excluding carboxylic acids is 1. The second-order valence-corrected chi connectivity index (χ2v) is 5.13. The summed E-state index contributed by atoms with van der Waals surface area (Å²) in [5.41, 5.74) is 0. The Morgan fingerprint density at radius 2 is 1.89 bits per heavy atom. The quantitative estimate of drug-likeness (QED) is 0.632. The second-order valence-electron chi connectivity index (χ2n) is 5.13. The Hall–Kier alpha value is -1.06. The van der Waals surface area contributed by atoms with Crippen molar-refractivity contribution in [2.24, 2.45) is 11.8 Å². The highest BCUT2D eigenvalue weighted by Gasteiger charge is 2.13. The fourth-order valence-corrected chi connectivity index (χ4v) is 1.96. The van der Waals surface area contributed by atoms with E-state index in [1.54, 1.807) is 6.92 Å². The van der Waals surface area contributed by atoms with E-state index in [0.717, 1.165) is 19.4 Å². The first-order valence-corrected chi connectivity index (χ1v) is 6.98. The summed E-state index contributed by atoms with van der Waals surface area (Å²) >= 11 is 0. The molecule has 0 rings (SSSR count). The molecule has 4 nitrogen and oxygen atoms in total. The number of unbranched alkanes of at least 4 members (excludes halogenated alkanes) is 1. The highest BCUT2D eigenvalue weighted by Crippen LogP contribution is 2.12. The Labute approximate surface area is 110 Å². The number of amides is 1. The predicted octanol–water partition coefficient (Wildman–Crippen LogP) is 2.82. The van der Waals surface area contributed by atoms with Crippen LogP contribution in [0.1, 0.15) is 59.3 Å². The molecule has 2 unspecified atom stereocenters. The van der Waals surface area contributed by atoms with Crippen LogP contribution in [0.25, 0.3) is 0 Å². The molecule has 0 aromatic rings. The van der Waals surface area contributed by atoms with Crippen molar-refractivity contribution < 1.29 is 14.7 Å². The molecule has 0 aromatic carbocycles. The van der Waals surface area contributed by atoms with Gasteiger partial charge in [-0.3, -0.25) is 9.59 Å². The molecule has 0 aliphatic carbocycles. The van der Waals surface area contributed by atoms with Crippen molar-refractivity contribution in [1.29, 1.82) is 0 Å². The highest BCUT2D eigenvalue weighted by molar-refractivity contribution is 5.77. The maximum absolute atomic E-state index is 11.6. The Balaban J connectivity index is 3.82. The van der Waals surface area contributed by atoms with Gasteiger partial charge in [-0.1, -0.05) is 40.0 Å². The van der Waals surface area contributed by atoms with Crippen molar-refractivity contribution in [3.8, 4) is 0 Å². The molecule has 2 atom stereocenters. The van der Waals surface area contributed by atoms with Gasteiger partial charge in [-0.25, -0.2) is 0 Å². The molecule has 0 saturated carbocycles. The predicted molar refractivity (Wildman–Crippen MR) is 72.3 cm³/mol. The van der Waals surface area contributed by atoms with Crippen LogP contribution in [0.5, 0.6) is 0 Å². The summed E-state index contributed by atoms with van der Waals surface area (Å²) in [6.45, 7) is 6.82. The van der Waals surface area contributed by atoms with Crippen LogP contribution < -0.4 is 5.32 Å². The fourth-order valence-electron chi connectivity index (χ4n) is 1.96. The van der Waals surface area contributed by atoms with Gasteiger partial charge in [0.1, 0.15) is 0 Å². The van der Waals surface area contributed by atoms with Crippen LogP contribution in [0.3, 0.4) is 0 Å². The fraction of sp³-hybridized carbons (Fsp3) is 0.857. The summed E-state index contributed by atoms with van der Waals surface area (Å²) in [5, 5.41) is 11.5. The van der Waals surface area contributed by atoms with E-state index in [4.69, 9.17) is 5.11 Å².